The van der Waals surface area contributed by atoms with Gasteiger partial charge >= 0.3 is 0 Å². The Labute approximate surface area is 215 Å². The minimum Gasteiger partial charge on any atom is -0.384 e. The number of carbonyl (C=O) groups excluding carboxylic acids is 2. The Morgan fingerprint density at radius 3 is 2.25 bits per heavy atom. The normalized spacial score (nSPS) is 21.1. The number of unbranched alkanes of at least 4 members (excludes halogenated alkanes) is 1. The van der Waals surface area contributed by atoms with Crippen molar-refractivity contribution in [1.29, 1.82) is 0 Å². The first-order valence-electron chi connectivity index (χ1n) is 13.5. The Morgan fingerprint density at radius 1 is 1.00 bits per heavy atom. The van der Waals surface area contributed by atoms with Crippen LogP contribution in [0, 0.1) is 5.92 Å². The molecule has 1 unspecified atom stereocenters. The molecule has 2 aliphatic rings. The number of rotatable bonds is 9. The van der Waals surface area contributed by atoms with Crippen LogP contribution < -0.4 is 5.32 Å². The van der Waals surface area contributed by atoms with E-state index in [0.29, 0.717) is 31.7 Å². The fraction of sp³-hybridized carbons (Fsp3) is 0.533. The van der Waals surface area contributed by atoms with Gasteiger partial charge in [-0.1, -0.05) is 81.8 Å². The minimum atomic E-state index is -0.722. The van der Waals surface area contributed by atoms with Crippen molar-refractivity contribution < 1.29 is 14.7 Å². The van der Waals surface area contributed by atoms with Crippen molar-refractivity contribution in [3.8, 4) is 0 Å². The number of carbonyl (C=O) groups is 2. The first-order valence-corrected chi connectivity index (χ1v) is 13.5. The fourth-order valence-corrected chi connectivity index (χ4v) is 5.62. The van der Waals surface area contributed by atoms with E-state index in [9.17, 15) is 14.7 Å². The maximum absolute atomic E-state index is 13.4. The molecule has 36 heavy (non-hydrogen) atoms. The molecular formula is C30H41N3O3. The van der Waals surface area contributed by atoms with Gasteiger partial charge in [-0.25, -0.2) is 0 Å². The number of hydrogen-bond acceptors (Lipinski definition) is 4. The summed E-state index contributed by atoms with van der Waals surface area (Å²) in [6.45, 7) is 9.29. The van der Waals surface area contributed by atoms with Crippen molar-refractivity contribution in [2.24, 2.45) is 5.92 Å². The number of hydrogen-bond donors (Lipinski definition) is 2. The topological polar surface area (TPSA) is 72.9 Å². The van der Waals surface area contributed by atoms with Crippen molar-refractivity contribution in [2.45, 2.75) is 77.1 Å². The van der Waals surface area contributed by atoms with Gasteiger partial charge in [0.25, 0.3) is 0 Å². The monoisotopic (exact) mass is 491 g/mol. The predicted molar refractivity (Wildman–Crippen MR) is 142 cm³/mol. The first kappa shape index (κ1) is 26.4. The molecule has 2 fully saturated rings. The van der Waals surface area contributed by atoms with Gasteiger partial charge in [0.1, 0.15) is 17.7 Å². The van der Waals surface area contributed by atoms with Crippen LogP contribution >= 0.6 is 0 Å². The average molecular weight is 492 g/mol. The molecule has 4 rings (SSSR count). The lowest BCUT2D eigenvalue weighted by atomic mass is 9.80. The molecule has 1 spiro atoms. The summed E-state index contributed by atoms with van der Waals surface area (Å²) in [4.78, 5) is 31.1. The van der Waals surface area contributed by atoms with Crippen molar-refractivity contribution in [3.05, 3.63) is 71.3 Å². The molecule has 0 bridgehead atoms. The van der Waals surface area contributed by atoms with Crippen molar-refractivity contribution in [2.75, 3.05) is 19.6 Å². The molecule has 0 aromatic heterocycles. The number of benzene rings is 2. The summed E-state index contributed by atoms with van der Waals surface area (Å²) in [5, 5.41) is 13.8. The molecule has 2 aromatic carbocycles. The van der Waals surface area contributed by atoms with Crippen LogP contribution in [0.25, 0.3) is 0 Å². The molecular weight excluding hydrogens is 450 g/mol. The highest BCUT2D eigenvalue weighted by Crippen LogP contribution is 2.35. The second-order valence-corrected chi connectivity index (χ2v) is 10.9. The molecule has 194 valence electrons. The highest BCUT2D eigenvalue weighted by atomic mass is 16.3. The lowest BCUT2D eigenvalue weighted by Crippen LogP contribution is -2.73. The summed E-state index contributed by atoms with van der Waals surface area (Å²) in [6, 6.07) is 17.4. The van der Waals surface area contributed by atoms with Crippen LogP contribution in [0.1, 0.15) is 75.7 Å². The van der Waals surface area contributed by atoms with Gasteiger partial charge in [-0.15, -0.1) is 0 Å². The summed E-state index contributed by atoms with van der Waals surface area (Å²) >= 11 is 0. The largest absolute Gasteiger partial charge is 0.384 e. The maximum Gasteiger partial charge on any atom is 0.246 e. The molecule has 6 heteroatoms. The van der Waals surface area contributed by atoms with Gasteiger partial charge in [0, 0.05) is 26.2 Å². The Kier molecular flexibility index (Phi) is 8.47. The quantitative estimate of drug-likeness (QED) is 0.549. The lowest BCUT2D eigenvalue weighted by Gasteiger charge is -2.52. The third-order valence-corrected chi connectivity index (χ3v) is 7.75. The second kappa shape index (κ2) is 11.6. The molecule has 2 saturated heterocycles. The zero-order chi connectivity index (χ0) is 25.7. The van der Waals surface area contributed by atoms with Gasteiger partial charge in [0.05, 0.1) is 0 Å². The van der Waals surface area contributed by atoms with E-state index in [1.165, 1.54) is 5.56 Å². The number of aliphatic hydroxyl groups excluding tert-OH is 1. The summed E-state index contributed by atoms with van der Waals surface area (Å²) in [6.07, 6.45) is 3.29. The summed E-state index contributed by atoms with van der Waals surface area (Å²) in [5.74, 6) is 0.476. The molecule has 0 radical (unpaired) electrons. The first-order chi connectivity index (χ1) is 17.3. The van der Waals surface area contributed by atoms with Crippen LogP contribution in [0.3, 0.4) is 0 Å². The zero-order valence-corrected chi connectivity index (χ0v) is 22.0. The SMILES string of the molecule is CCCCN1C(=O)[C@H](CC(C)C)NC(=O)C12CCN(Cc1ccc(C(O)c3ccccc3)cc1)CC2. The predicted octanol–water partition coefficient (Wildman–Crippen LogP) is 4.28. The van der Waals surface area contributed by atoms with Crippen LogP contribution in [0.4, 0.5) is 0 Å². The summed E-state index contributed by atoms with van der Waals surface area (Å²) in [5.41, 5.74) is 2.22. The van der Waals surface area contributed by atoms with Crippen LogP contribution in [-0.2, 0) is 16.1 Å². The Bertz CT molecular complexity index is 1010. The summed E-state index contributed by atoms with van der Waals surface area (Å²) < 4.78 is 0. The number of piperazine rings is 1. The molecule has 2 amide bonds. The summed E-state index contributed by atoms with van der Waals surface area (Å²) in [7, 11) is 0. The Balaban J connectivity index is 1.40. The molecule has 0 saturated carbocycles. The molecule has 2 N–H and O–H groups in total. The molecule has 0 aliphatic carbocycles. The Hall–Kier alpha value is -2.70. The molecule has 2 aliphatic heterocycles. The van der Waals surface area contributed by atoms with E-state index in [1.807, 2.05) is 47.4 Å². The van der Waals surface area contributed by atoms with E-state index in [4.69, 9.17) is 0 Å². The van der Waals surface area contributed by atoms with Gasteiger partial charge < -0.3 is 15.3 Å². The van der Waals surface area contributed by atoms with Gasteiger partial charge in [-0.2, -0.15) is 0 Å². The fourth-order valence-electron chi connectivity index (χ4n) is 5.62. The van der Waals surface area contributed by atoms with Crippen molar-refractivity contribution in [1.82, 2.24) is 15.1 Å². The van der Waals surface area contributed by atoms with Crippen LogP contribution in [0.5, 0.6) is 0 Å². The van der Waals surface area contributed by atoms with Crippen molar-refractivity contribution >= 4 is 11.8 Å². The Morgan fingerprint density at radius 2 is 1.64 bits per heavy atom. The van der Waals surface area contributed by atoms with E-state index in [1.54, 1.807) is 0 Å². The number of nitrogens with one attached hydrogen (secondary N) is 1. The molecule has 6 nitrogen and oxygen atoms in total. The van der Waals surface area contributed by atoms with Gasteiger partial charge in [-0.05, 0) is 48.3 Å². The zero-order valence-electron chi connectivity index (χ0n) is 22.0. The second-order valence-electron chi connectivity index (χ2n) is 10.9. The number of likely N-dealkylation sites (tertiary alicyclic amines) is 1. The average Bonchev–Trinajstić information content (AvgIpc) is 2.89. The highest BCUT2D eigenvalue weighted by Gasteiger charge is 2.53. The van der Waals surface area contributed by atoms with E-state index < -0.39 is 17.7 Å². The molecule has 2 heterocycles. The van der Waals surface area contributed by atoms with Crippen LogP contribution in [0.2, 0.25) is 0 Å². The van der Waals surface area contributed by atoms with Gasteiger partial charge in [0.2, 0.25) is 11.8 Å². The highest BCUT2D eigenvalue weighted by molar-refractivity contribution is 6.00. The molecule has 2 aromatic rings. The van der Waals surface area contributed by atoms with E-state index in [2.05, 4.69) is 43.1 Å². The van der Waals surface area contributed by atoms with Crippen LogP contribution in [-0.4, -0.2) is 57.9 Å². The van der Waals surface area contributed by atoms with E-state index in [0.717, 1.165) is 43.6 Å². The number of nitrogens with zero attached hydrogens (tertiary/aromatic N) is 2. The van der Waals surface area contributed by atoms with E-state index >= 15 is 0 Å². The van der Waals surface area contributed by atoms with Gasteiger partial charge in [0.15, 0.2) is 0 Å². The third kappa shape index (κ3) is 5.65. The smallest absolute Gasteiger partial charge is 0.246 e. The number of aliphatic hydroxyl groups is 1. The third-order valence-electron chi connectivity index (χ3n) is 7.75. The maximum atomic E-state index is 13.4. The number of piperidine rings is 1. The lowest BCUT2D eigenvalue weighted by molar-refractivity contribution is -0.161. The van der Waals surface area contributed by atoms with E-state index in [-0.39, 0.29) is 11.8 Å². The molecule has 2 atom stereocenters. The van der Waals surface area contributed by atoms with Gasteiger partial charge in [-0.3, -0.25) is 14.5 Å². The number of amides is 2. The van der Waals surface area contributed by atoms with Crippen LogP contribution in [0.15, 0.2) is 54.6 Å². The van der Waals surface area contributed by atoms with Crippen molar-refractivity contribution in [3.63, 3.8) is 0 Å². The standard InChI is InChI=1S/C30H41N3O3/c1-4-5-17-33-28(35)26(20-22(2)3)31-29(36)30(33)15-18-32(19-16-30)21-23-11-13-25(14-12-23)27(34)24-9-7-6-8-10-24/h6-14,22,26-27,34H,4-5,15-21H2,1-3H3,(H,31,36)/t26-,27?/m0/s1. The minimum absolute atomic E-state index is 0.0303.